The lowest BCUT2D eigenvalue weighted by molar-refractivity contribution is -0.147. The summed E-state index contributed by atoms with van der Waals surface area (Å²) in [6, 6.07) is 3.23. The van der Waals surface area contributed by atoms with Crippen molar-refractivity contribution in [1.29, 1.82) is 0 Å². The highest BCUT2D eigenvalue weighted by molar-refractivity contribution is 5.89. The van der Waals surface area contributed by atoms with Gasteiger partial charge in [0.05, 0.1) is 13.7 Å². The molecule has 1 unspecified atom stereocenters. The Balaban J connectivity index is 2.54. The van der Waals surface area contributed by atoms with Crippen LogP contribution in [0.3, 0.4) is 0 Å². The summed E-state index contributed by atoms with van der Waals surface area (Å²) >= 11 is 0. The molecule has 3 N–H and O–H groups in total. The molecule has 8 heteroatoms. The lowest BCUT2D eigenvalue weighted by Gasteiger charge is -2.12. The number of aliphatic carboxylic acids is 1. The summed E-state index contributed by atoms with van der Waals surface area (Å²) < 4.78 is 22.8. The molecule has 0 aliphatic heterocycles. The number of hydrogen-bond acceptors (Lipinski definition) is 4. The summed E-state index contributed by atoms with van der Waals surface area (Å²) in [7, 11) is 2.55. The summed E-state index contributed by atoms with van der Waals surface area (Å²) in [6.07, 6.45) is -1.15. The van der Waals surface area contributed by atoms with Crippen molar-refractivity contribution in [1.82, 2.24) is 5.32 Å². The molecule has 0 heterocycles. The maximum absolute atomic E-state index is 13.4. The van der Waals surface area contributed by atoms with Crippen LogP contribution < -0.4 is 15.4 Å². The van der Waals surface area contributed by atoms with Crippen LogP contribution in [0.2, 0.25) is 0 Å². The summed E-state index contributed by atoms with van der Waals surface area (Å²) in [5.74, 6) is -1.75. The van der Waals surface area contributed by atoms with E-state index in [9.17, 15) is 14.0 Å². The first-order valence-electron chi connectivity index (χ1n) is 5.62. The standard InChI is InChI=1S/C12H15FN2O5/c1-19-9-4-3-7(5-8(9)13)15-12(18)14-6-10(20-2)11(16)17/h3-5,10H,6H2,1-2H3,(H,16,17)(H2,14,15,18). The predicted molar refractivity (Wildman–Crippen MR) is 68.4 cm³/mol. The maximum Gasteiger partial charge on any atom is 0.334 e. The minimum atomic E-state index is -1.19. The Kier molecular flexibility index (Phi) is 5.73. The molecular weight excluding hydrogens is 271 g/mol. The lowest BCUT2D eigenvalue weighted by Crippen LogP contribution is -2.39. The number of halogens is 1. The Morgan fingerprint density at radius 3 is 2.60 bits per heavy atom. The van der Waals surface area contributed by atoms with Crippen molar-refractivity contribution >= 4 is 17.7 Å². The second-order valence-corrected chi connectivity index (χ2v) is 3.75. The SMILES string of the molecule is COc1ccc(NC(=O)NCC(OC)C(=O)O)cc1F. The Bertz CT molecular complexity index is 495. The van der Waals surface area contributed by atoms with E-state index in [1.165, 1.54) is 26.4 Å². The number of amides is 2. The molecule has 1 aromatic carbocycles. The first-order chi connectivity index (χ1) is 9.47. The van der Waals surface area contributed by atoms with Gasteiger partial charge in [-0.25, -0.2) is 14.0 Å². The van der Waals surface area contributed by atoms with Gasteiger partial charge in [0.25, 0.3) is 0 Å². The van der Waals surface area contributed by atoms with Crippen LogP contribution in [-0.4, -0.2) is 44.0 Å². The molecular formula is C12H15FN2O5. The van der Waals surface area contributed by atoms with Crippen molar-refractivity contribution in [2.24, 2.45) is 0 Å². The summed E-state index contributed by atoms with van der Waals surface area (Å²) in [4.78, 5) is 22.2. The van der Waals surface area contributed by atoms with Gasteiger partial charge in [-0.1, -0.05) is 0 Å². The molecule has 1 rings (SSSR count). The van der Waals surface area contributed by atoms with Gasteiger partial charge < -0.3 is 25.2 Å². The number of rotatable bonds is 6. The van der Waals surface area contributed by atoms with Crippen molar-refractivity contribution in [3.63, 3.8) is 0 Å². The second kappa shape index (κ2) is 7.29. The maximum atomic E-state index is 13.4. The number of anilines is 1. The molecule has 110 valence electrons. The smallest absolute Gasteiger partial charge is 0.334 e. The largest absolute Gasteiger partial charge is 0.494 e. The third kappa shape index (κ3) is 4.39. The van der Waals surface area contributed by atoms with Crippen molar-refractivity contribution in [2.45, 2.75) is 6.10 Å². The topological polar surface area (TPSA) is 96.9 Å². The Morgan fingerprint density at radius 1 is 1.40 bits per heavy atom. The van der Waals surface area contributed by atoms with E-state index < -0.39 is 23.9 Å². The van der Waals surface area contributed by atoms with Crippen LogP contribution >= 0.6 is 0 Å². The van der Waals surface area contributed by atoms with E-state index in [-0.39, 0.29) is 18.0 Å². The molecule has 0 bridgehead atoms. The number of carbonyl (C=O) groups is 2. The average Bonchev–Trinajstić information content (AvgIpc) is 2.39. The number of ether oxygens (including phenoxy) is 2. The van der Waals surface area contributed by atoms with E-state index >= 15 is 0 Å². The minimum Gasteiger partial charge on any atom is -0.494 e. The van der Waals surface area contributed by atoms with Crippen LogP contribution in [0.15, 0.2) is 18.2 Å². The molecule has 1 atom stereocenters. The number of methoxy groups -OCH3 is 2. The van der Waals surface area contributed by atoms with Crippen LogP contribution in [0.4, 0.5) is 14.9 Å². The molecule has 0 fully saturated rings. The molecule has 0 spiro atoms. The van der Waals surface area contributed by atoms with E-state index in [2.05, 4.69) is 15.4 Å². The van der Waals surface area contributed by atoms with Gasteiger partial charge in [0, 0.05) is 18.9 Å². The van der Waals surface area contributed by atoms with Gasteiger partial charge in [-0.2, -0.15) is 0 Å². The molecule has 20 heavy (non-hydrogen) atoms. The highest BCUT2D eigenvalue weighted by atomic mass is 19.1. The van der Waals surface area contributed by atoms with E-state index in [4.69, 9.17) is 9.84 Å². The van der Waals surface area contributed by atoms with E-state index in [1.54, 1.807) is 0 Å². The molecule has 0 aliphatic rings. The average molecular weight is 286 g/mol. The summed E-state index contributed by atoms with van der Waals surface area (Å²) in [5, 5.41) is 13.4. The Hall–Kier alpha value is -2.35. The Labute approximate surface area is 114 Å². The van der Waals surface area contributed by atoms with Gasteiger partial charge in [-0.05, 0) is 12.1 Å². The second-order valence-electron chi connectivity index (χ2n) is 3.75. The highest BCUT2D eigenvalue weighted by Crippen LogP contribution is 2.20. The molecule has 2 amide bonds. The van der Waals surface area contributed by atoms with E-state index in [1.807, 2.05) is 0 Å². The summed E-state index contributed by atoms with van der Waals surface area (Å²) in [5.41, 5.74) is 0.213. The van der Waals surface area contributed by atoms with Crippen molar-refractivity contribution in [3.8, 4) is 5.75 Å². The third-order valence-electron chi connectivity index (χ3n) is 2.42. The molecule has 0 saturated carbocycles. The highest BCUT2D eigenvalue weighted by Gasteiger charge is 2.17. The monoisotopic (exact) mass is 286 g/mol. The number of carboxylic acids is 1. The lowest BCUT2D eigenvalue weighted by atomic mass is 10.3. The molecule has 0 aliphatic carbocycles. The van der Waals surface area contributed by atoms with Crippen molar-refractivity contribution in [3.05, 3.63) is 24.0 Å². The number of hydrogen-bond donors (Lipinski definition) is 3. The molecule has 0 aromatic heterocycles. The van der Waals surface area contributed by atoms with Crippen molar-refractivity contribution in [2.75, 3.05) is 26.1 Å². The first kappa shape index (κ1) is 15.7. The van der Waals surface area contributed by atoms with Crippen LogP contribution in [0.1, 0.15) is 0 Å². The number of carboxylic acid groups (broad SMARTS) is 1. The zero-order valence-electron chi connectivity index (χ0n) is 11.0. The van der Waals surface area contributed by atoms with Crippen LogP contribution in [-0.2, 0) is 9.53 Å². The molecule has 7 nitrogen and oxygen atoms in total. The van der Waals surface area contributed by atoms with Gasteiger partial charge >= 0.3 is 12.0 Å². The number of nitrogens with one attached hydrogen (secondary N) is 2. The van der Waals surface area contributed by atoms with Gasteiger partial charge in [0.15, 0.2) is 17.7 Å². The molecule has 0 saturated heterocycles. The minimum absolute atomic E-state index is 0.0567. The number of urea groups is 1. The van der Waals surface area contributed by atoms with Gasteiger partial charge in [0.2, 0.25) is 0 Å². The fourth-order valence-electron chi connectivity index (χ4n) is 1.38. The Morgan fingerprint density at radius 2 is 2.10 bits per heavy atom. The van der Waals surface area contributed by atoms with Crippen LogP contribution in [0.5, 0.6) is 5.75 Å². The third-order valence-corrected chi connectivity index (χ3v) is 2.42. The summed E-state index contributed by atoms with van der Waals surface area (Å²) in [6.45, 7) is -0.212. The van der Waals surface area contributed by atoms with E-state index in [0.717, 1.165) is 6.07 Å². The van der Waals surface area contributed by atoms with Crippen LogP contribution in [0.25, 0.3) is 0 Å². The normalized spacial score (nSPS) is 11.6. The zero-order valence-corrected chi connectivity index (χ0v) is 11.0. The molecule has 0 radical (unpaired) electrons. The number of benzene rings is 1. The zero-order chi connectivity index (χ0) is 15.1. The van der Waals surface area contributed by atoms with Gasteiger partial charge in [-0.3, -0.25) is 0 Å². The van der Waals surface area contributed by atoms with Crippen molar-refractivity contribution < 1.29 is 28.6 Å². The number of carbonyl (C=O) groups excluding carboxylic acids is 1. The van der Waals surface area contributed by atoms with Gasteiger partial charge in [-0.15, -0.1) is 0 Å². The first-order valence-corrected chi connectivity index (χ1v) is 5.62. The fraction of sp³-hybridized carbons (Fsp3) is 0.333. The van der Waals surface area contributed by atoms with Crippen LogP contribution in [0, 0.1) is 5.82 Å². The fourth-order valence-corrected chi connectivity index (χ4v) is 1.38. The predicted octanol–water partition coefficient (Wildman–Crippen LogP) is 1.06. The molecule has 1 aromatic rings. The quantitative estimate of drug-likeness (QED) is 0.726. The van der Waals surface area contributed by atoms with E-state index in [0.29, 0.717) is 0 Å². The van der Waals surface area contributed by atoms with Gasteiger partial charge in [0.1, 0.15) is 0 Å².